The summed E-state index contributed by atoms with van der Waals surface area (Å²) >= 11 is 1.48. The van der Waals surface area contributed by atoms with Crippen LogP contribution < -0.4 is 0 Å². The second-order valence-electron chi connectivity index (χ2n) is 3.35. The highest BCUT2D eigenvalue weighted by atomic mass is 32.1. The molecule has 0 bridgehead atoms. The largest absolute Gasteiger partial charge is 0.206 e. The van der Waals surface area contributed by atoms with Crippen molar-refractivity contribution < 1.29 is 4.39 Å². The number of thiophene rings is 1. The Morgan fingerprint density at radius 3 is 2.20 bits per heavy atom. The smallest absolute Gasteiger partial charge is 0.137 e. The van der Waals surface area contributed by atoms with Gasteiger partial charge in [0, 0.05) is 4.88 Å². The summed E-state index contributed by atoms with van der Waals surface area (Å²) in [7, 11) is 0. The van der Waals surface area contributed by atoms with Crippen molar-refractivity contribution in [2.75, 3.05) is 0 Å². The molecule has 0 aliphatic heterocycles. The number of hydrogen-bond donors (Lipinski definition) is 0. The Bertz CT molecular complexity index is 219. The van der Waals surface area contributed by atoms with Gasteiger partial charge in [-0.25, -0.2) is 4.39 Å². The van der Waals surface area contributed by atoms with Gasteiger partial charge < -0.3 is 0 Å². The van der Waals surface area contributed by atoms with E-state index in [1.807, 2.05) is 20.8 Å². The molecule has 1 aromatic heterocycles. The molecule has 1 aromatic rings. The molecule has 0 nitrogen and oxygen atoms in total. The second kappa shape index (κ2) is 2.35. The average molecular weight is 158 g/mol. The zero-order valence-corrected chi connectivity index (χ0v) is 7.26. The van der Waals surface area contributed by atoms with Crippen molar-refractivity contribution in [3.05, 3.63) is 22.1 Å². The maximum absolute atomic E-state index is 12.9. The van der Waals surface area contributed by atoms with Gasteiger partial charge in [-0.15, -0.1) is 11.3 Å². The Labute approximate surface area is 64.7 Å². The normalized spacial score (nSPS) is 12.0. The third kappa shape index (κ3) is 1.37. The SMILES string of the molecule is CC(C)(C)c1sccc1F. The first-order valence-electron chi connectivity index (χ1n) is 3.25. The molecular formula is C8H11FS. The van der Waals surface area contributed by atoms with E-state index in [1.54, 1.807) is 5.38 Å². The molecule has 1 rings (SSSR count). The van der Waals surface area contributed by atoms with Gasteiger partial charge in [0.25, 0.3) is 0 Å². The second-order valence-corrected chi connectivity index (χ2v) is 4.26. The molecule has 0 fully saturated rings. The molecule has 10 heavy (non-hydrogen) atoms. The summed E-state index contributed by atoms with van der Waals surface area (Å²) < 4.78 is 12.9. The fourth-order valence-electron chi connectivity index (χ4n) is 0.829. The summed E-state index contributed by atoms with van der Waals surface area (Å²) in [6.45, 7) is 6.05. The summed E-state index contributed by atoms with van der Waals surface area (Å²) in [4.78, 5) is 0.840. The van der Waals surface area contributed by atoms with Crippen LogP contribution in [0.3, 0.4) is 0 Å². The van der Waals surface area contributed by atoms with Crippen molar-refractivity contribution in [2.24, 2.45) is 0 Å². The molecule has 56 valence electrons. The summed E-state index contributed by atoms with van der Waals surface area (Å²) in [6, 6.07) is 1.52. The summed E-state index contributed by atoms with van der Waals surface area (Å²) in [5, 5.41) is 1.79. The molecule has 0 spiro atoms. The minimum atomic E-state index is -0.0718. The number of halogens is 1. The summed E-state index contributed by atoms with van der Waals surface area (Å²) in [6.07, 6.45) is 0. The van der Waals surface area contributed by atoms with Crippen molar-refractivity contribution in [3.8, 4) is 0 Å². The lowest BCUT2D eigenvalue weighted by molar-refractivity contribution is 0.538. The molecule has 0 radical (unpaired) electrons. The highest BCUT2D eigenvalue weighted by molar-refractivity contribution is 7.10. The lowest BCUT2D eigenvalue weighted by Crippen LogP contribution is -2.10. The van der Waals surface area contributed by atoms with Crippen LogP contribution in [0.5, 0.6) is 0 Å². The molecular weight excluding hydrogens is 147 g/mol. The van der Waals surface area contributed by atoms with Crippen LogP contribution in [-0.4, -0.2) is 0 Å². The van der Waals surface area contributed by atoms with E-state index in [4.69, 9.17) is 0 Å². The van der Waals surface area contributed by atoms with Crippen LogP contribution in [0.15, 0.2) is 11.4 Å². The quantitative estimate of drug-likeness (QED) is 0.544. The van der Waals surface area contributed by atoms with Gasteiger partial charge in [0.2, 0.25) is 0 Å². The van der Waals surface area contributed by atoms with Crippen LogP contribution >= 0.6 is 11.3 Å². The molecule has 2 heteroatoms. The third-order valence-corrected chi connectivity index (χ3v) is 2.61. The lowest BCUT2D eigenvalue weighted by atomic mass is 9.94. The molecule has 0 unspecified atom stereocenters. The van der Waals surface area contributed by atoms with Gasteiger partial charge in [0.1, 0.15) is 5.82 Å². The highest BCUT2D eigenvalue weighted by Gasteiger charge is 2.18. The monoisotopic (exact) mass is 158 g/mol. The van der Waals surface area contributed by atoms with Crippen LogP contribution in [0.2, 0.25) is 0 Å². The maximum atomic E-state index is 12.9. The fraction of sp³-hybridized carbons (Fsp3) is 0.500. The van der Waals surface area contributed by atoms with Gasteiger partial charge in [-0.1, -0.05) is 20.8 Å². The highest BCUT2D eigenvalue weighted by Crippen LogP contribution is 2.29. The minimum Gasteiger partial charge on any atom is -0.206 e. The molecule has 0 atom stereocenters. The summed E-state index contributed by atoms with van der Waals surface area (Å²) in [5.41, 5.74) is -0.0434. The van der Waals surface area contributed by atoms with Crippen LogP contribution in [0.4, 0.5) is 4.39 Å². The van der Waals surface area contributed by atoms with Crippen LogP contribution in [0, 0.1) is 5.82 Å². The summed E-state index contributed by atoms with van der Waals surface area (Å²) in [5.74, 6) is -0.0718. The first kappa shape index (κ1) is 7.73. The van der Waals surface area contributed by atoms with Crippen molar-refractivity contribution in [1.82, 2.24) is 0 Å². The van der Waals surface area contributed by atoms with Gasteiger partial charge in [0.05, 0.1) is 0 Å². The van der Waals surface area contributed by atoms with Gasteiger partial charge in [-0.05, 0) is 16.9 Å². The van der Waals surface area contributed by atoms with E-state index in [0.29, 0.717) is 0 Å². The molecule has 0 saturated carbocycles. The van der Waals surface area contributed by atoms with Crippen LogP contribution in [0.25, 0.3) is 0 Å². The molecule has 0 aliphatic rings. The molecule has 0 aliphatic carbocycles. The van der Waals surface area contributed by atoms with Crippen LogP contribution in [-0.2, 0) is 5.41 Å². The Morgan fingerprint density at radius 1 is 1.40 bits per heavy atom. The molecule has 0 amide bonds. The van der Waals surface area contributed by atoms with Crippen molar-refractivity contribution in [1.29, 1.82) is 0 Å². The average Bonchev–Trinajstić information content (AvgIpc) is 2.11. The Balaban J connectivity index is 3.05. The lowest BCUT2D eigenvalue weighted by Gasteiger charge is -2.15. The fourth-order valence-corrected chi connectivity index (χ4v) is 1.69. The predicted octanol–water partition coefficient (Wildman–Crippen LogP) is 3.18. The standard InChI is InChI=1S/C8H11FS/c1-8(2,3)7-6(9)4-5-10-7/h4-5H,1-3H3. The minimum absolute atomic E-state index is 0.0434. The third-order valence-electron chi connectivity index (χ3n) is 1.30. The van der Waals surface area contributed by atoms with E-state index >= 15 is 0 Å². The van der Waals surface area contributed by atoms with E-state index in [9.17, 15) is 4.39 Å². The van der Waals surface area contributed by atoms with Crippen molar-refractivity contribution in [3.63, 3.8) is 0 Å². The number of hydrogen-bond acceptors (Lipinski definition) is 1. The molecule has 1 heterocycles. The van der Waals surface area contributed by atoms with Gasteiger partial charge in [-0.2, -0.15) is 0 Å². The molecule has 0 aromatic carbocycles. The van der Waals surface area contributed by atoms with E-state index in [1.165, 1.54) is 17.4 Å². The Kier molecular flexibility index (Phi) is 1.82. The Morgan fingerprint density at radius 2 is 2.00 bits per heavy atom. The first-order chi connectivity index (χ1) is 4.52. The zero-order valence-electron chi connectivity index (χ0n) is 6.44. The van der Waals surface area contributed by atoms with Crippen molar-refractivity contribution >= 4 is 11.3 Å². The topological polar surface area (TPSA) is 0 Å². The Hall–Kier alpha value is -0.370. The van der Waals surface area contributed by atoms with Gasteiger partial charge >= 0.3 is 0 Å². The van der Waals surface area contributed by atoms with Gasteiger partial charge in [0.15, 0.2) is 0 Å². The van der Waals surface area contributed by atoms with E-state index in [-0.39, 0.29) is 11.2 Å². The van der Waals surface area contributed by atoms with Gasteiger partial charge in [-0.3, -0.25) is 0 Å². The molecule has 0 N–H and O–H groups in total. The van der Waals surface area contributed by atoms with E-state index < -0.39 is 0 Å². The zero-order chi connectivity index (χ0) is 7.78. The molecule has 0 saturated heterocycles. The van der Waals surface area contributed by atoms with E-state index in [2.05, 4.69) is 0 Å². The van der Waals surface area contributed by atoms with Crippen molar-refractivity contribution in [2.45, 2.75) is 26.2 Å². The van der Waals surface area contributed by atoms with Crippen LogP contribution in [0.1, 0.15) is 25.6 Å². The van der Waals surface area contributed by atoms with E-state index in [0.717, 1.165) is 4.88 Å². The number of rotatable bonds is 0. The maximum Gasteiger partial charge on any atom is 0.137 e. The first-order valence-corrected chi connectivity index (χ1v) is 4.13. The predicted molar refractivity (Wildman–Crippen MR) is 43.0 cm³/mol.